The second kappa shape index (κ2) is 5.95. The number of ether oxygens (including phenoxy) is 1. The average molecular weight is 316 g/mol. The van der Waals surface area contributed by atoms with Crippen LogP contribution >= 0.6 is 11.3 Å². The summed E-state index contributed by atoms with van der Waals surface area (Å²) >= 11 is 1.67. The number of morpholine rings is 1. The fraction of sp³-hybridized carbons (Fsp3) is 0.500. The van der Waals surface area contributed by atoms with E-state index in [0.29, 0.717) is 6.04 Å². The highest BCUT2D eigenvalue weighted by molar-refractivity contribution is 7.15. The first kappa shape index (κ1) is 14.1. The molecule has 0 N–H and O–H groups in total. The fourth-order valence-corrected chi connectivity index (χ4v) is 4.05. The van der Waals surface area contributed by atoms with Crippen molar-refractivity contribution in [1.82, 2.24) is 15.1 Å². The number of aromatic nitrogens is 2. The fourth-order valence-electron chi connectivity index (χ4n) is 3.34. The molecule has 2 fully saturated rings. The van der Waals surface area contributed by atoms with Crippen LogP contribution in [0.4, 0.5) is 5.13 Å². The first-order valence-electron chi connectivity index (χ1n) is 7.74. The first-order valence-corrected chi connectivity index (χ1v) is 8.56. The summed E-state index contributed by atoms with van der Waals surface area (Å²) in [5.74, 6) is 0. The average Bonchev–Trinajstić information content (AvgIpc) is 3.15. The molecule has 0 bridgehead atoms. The maximum Gasteiger partial charge on any atom is 0.208 e. The summed E-state index contributed by atoms with van der Waals surface area (Å²) in [5, 5.41) is 10.5. The maximum absolute atomic E-state index is 6.00. The lowest BCUT2D eigenvalue weighted by molar-refractivity contribution is -0.0499. The first-order chi connectivity index (χ1) is 10.8. The molecule has 0 spiro atoms. The zero-order valence-electron chi connectivity index (χ0n) is 12.7. The Morgan fingerprint density at radius 1 is 1.23 bits per heavy atom. The molecule has 116 valence electrons. The molecule has 4 rings (SSSR count). The second-order valence-electron chi connectivity index (χ2n) is 5.94. The van der Waals surface area contributed by atoms with Crippen molar-refractivity contribution in [3.8, 4) is 0 Å². The highest BCUT2D eigenvalue weighted by Gasteiger charge is 2.40. The van der Waals surface area contributed by atoms with Crippen molar-refractivity contribution in [1.29, 1.82) is 0 Å². The van der Waals surface area contributed by atoms with E-state index in [2.05, 4.69) is 50.3 Å². The molecule has 0 radical (unpaired) electrons. The number of fused-ring (bicyclic) bond motifs is 1. The normalized spacial score (nSPS) is 25.4. The molecule has 2 aliphatic rings. The summed E-state index contributed by atoms with van der Waals surface area (Å²) in [6.07, 6.45) is 0.279. The number of aryl methyl sites for hydroxylation is 1. The van der Waals surface area contributed by atoms with Crippen LogP contribution in [0.5, 0.6) is 0 Å². The molecule has 2 saturated heterocycles. The SMILES string of the molecule is Cc1nnc(N2C[C@@H]3OCCN(Cc4ccccc4)[C@H]3C2)s1. The van der Waals surface area contributed by atoms with E-state index < -0.39 is 0 Å². The van der Waals surface area contributed by atoms with Crippen molar-refractivity contribution in [3.05, 3.63) is 40.9 Å². The van der Waals surface area contributed by atoms with Gasteiger partial charge in [-0.05, 0) is 12.5 Å². The van der Waals surface area contributed by atoms with E-state index in [4.69, 9.17) is 4.74 Å². The largest absolute Gasteiger partial charge is 0.373 e. The van der Waals surface area contributed by atoms with E-state index >= 15 is 0 Å². The third kappa shape index (κ3) is 2.74. The highest BCUT2D eigenvalue weighted by atomic mass is 32.1. The number of rotatable bonds is 3. The van der Waals surface area contributed by atoms with Crippen LogP contribution in [-0.2, 0) is 11.3 Å². The molecule has 6 heteroatoms. The predicted octanol–water partition coefficient (Wildman–Crippen LogP) is 1.94. The number of hydrogen-bond acceptors (Lipinski definition) is 6. The van der Waals surface area contributed by atoms with Crippen LogP contribution in [0.15, 0.2) is 30.3 Å². The van der Waals surface area contributed by atoms with Gasteiger partial charge in [0, 0.05) is 26.2 Å². The minimum absolute atomic E-state index is 0.279. The summed E-state index contributed by atoms with van der Waals surface area (Å²) in [6.45, 7) is 6.71. The molecule has 3 heterocycles. The van der Waals surface area contributed by atoms with Gasteiger partial charge in [0.1, 0.15) is 5.01 Å². The van der Waals surface area contributed by atoms with Crippen molar-refractivity contribution in [3.63, 3.8) is 0 Å². The van der Waals surface area contributed by atoms with Crippen LogP contribution in [0, 0.1) is 6.92 Å². The van der Waals surface area contributed by atoms with Crippen molar-refractivity contribution >= 4 is 16.5 Å². The highest BCUT2D eigenvalue weighted by Crippen LogP contribution is 2.29. The standard InChI is InChI=1S/C16H20N4OS/c1-12-17-18-16(22-12)20-10-14-15(11-20)21-8-7-19(14)9-13-5-3-2-4-6-13/h2-6,14-15H,7-11H2,1H3/t14-,15-/m0/s1. The van der Waals surface area contributed by atoms with Gasteiger partial charge in [-0.15, -0.1) is 10.2 Å². The Labute approximate surface area is 134 Å². The third-order valence-electron chi connectivity index (χ3n) is 4.43. The van der Waals surface area contributed by atoms with Crippen molar-refractivity contribution in [2.75, 3.05) is 31.1 Å². The molecule has 2 atom stereocenters. The summed E-state index contributed by atoms with van der Waals surface area (Å²) < 4.78 is 6.00. The van der Waals surface area contributed by atoms with Crippen LogP contribution in [0.1, 0.15) is 10.6 Å². The number of anilines is 1. The van der Waals surface area contributed by atoms with E-state index in [-0.39, 0.29) is 6.10 Å². The zero-order valence-corrected chi connectivity index (χ0v) is 13.5. The summed E-state index contributed by atoms with van der Waals surface area (Å²) in [6, 6.07) is 11.1. The Hall–Kier alpha value is -1.50. The Bertz CT molecular complexity index is 632. The van der Waals surface area contributed by atoms with Crippen molar-refractivity contribution in [2.45, 2.75) is 25.6 Å². The Morgan fingerprint density at radius 2 is 2.09 bits per heavy atom. The van der Waals surface area contributed by atoms with Gasteiger partial charge >= 0.3 is 0 Å². The smallest absolute Gasteiger partial charge is 0.208 e. The molecular formula is C16H20N4OS. The molecule has 0 saturated carbocycles. The molecule has 2 aliphatic heterocycles. The second-order valence-corrected chi connectivity index (χ2v) is 7.10. The minimum atomic E-state index is 0.279. The van der Waals surface area contributed by atoms with E-state index in [1.807, 2.05) is 6.92 Å². The summed E-state index contributed by atoms with van der Waals surface area (Å²) in [4.78, 5) is 4.88. The number of nitrogens with zero attached hydrogens (tertiary/aromatic N) is 4. The van der Waals surface area contributed by atoms with E-state index in [1.165, 1.54) is 5.56 Å². The van der Waals surface area contributed by atoms with E-state index in [1.54, 1.807) is 11.3 Å². The Morgan fingerprint density at radius 3 is 2.86 bits per heavy atom. The molecule has 1 aromatic carbocycles. The summed E-state index contributed by atoms with van der Waals surface area (Å²) in [7, 11) is 0. The van der Waals surface area contributed by atoms with Gasteiger partial charge in [-0.3, -0.25) is 4.90 Å². The molecule has 0 unspecified atom stereocenters. The van der Waals surface area contributed by atoms with Gasteiger partial charge in [0.25, 0.3) is 0 Å². The molecule has 0 amide bonds. The molecule has 1 aromatic heterocycles. The van der Waals surface area contributed by atoms with Crippen LogP contribution < -0.4 is 4.90 Å². The van der Waals surface area contributed by atoms with Gasteiger partial charge in [0.15, 0.2) is 0 Å². The predicted molar refractivity (Wildman–Crippen MR) is 87.2 cm³/mol. The monoisotopic (exact) mass is 316 g/mol. The lowest BCUT2D eigenvalue weighted by Crippen LogP contribution is -2.50. The van der Waals surface area contributed by atoms with Crippen LogP contribution in [0.2, 0.25) is 0 Å². The lowest BCUT2D eigenvalue weighted by atomic mass is 10.1. The molecule has 5 nitrogen and oxygen atoms in total. The minimum Gasteiger partial charge on any atom is -0.373 e. The van der Waals surface area contributed by atoms with E-state index in [0.717, 1.165) is 42.9 Å². The summed E-state index contributed by atoms with van der Waals surface area (Å²) in [5.41, 5.74) is 1.37. The molecular weight excluding hydrogens is 296 g/mol. The van der Waals surface area contributed by atoms with Crippen molar-refractivity contribution in [2.24, 2.45) is 0 Å². The van der Waals surface area contributed by atoms with Gasteiger partial charge in [0.2, 0.25) is 5.13 Å². The lowest BCUT2D eigenvalue weighted by Gasteiger charge is -2.36. The van der Waals surface area contributed by atoms with Crippen LogP contribution in [-0.4, -0.2) is 53.5 Å². The van der Waals surface area contributed by atoms with Gasteiger partial charge < -0.3 is 9.64 Å². The molecule has 2 aromatic rings. The topological polar surface area (TPSA) is 41.5 Å². The quantitative estimate of drug-likeness (QED) is 0.865. The molecule has 0 aliphatic carbocycles. The number of hydrogen-bond donors (Lipinski definition) is 0. The van der Waals surface area contributed by atoms with Gasteiger partial charge in [0.05, 0.1) is 18.8 Å². The third-order valence-corrected chi connectivity index (χ3v) is 5.33. The van der Waals surface area contributed by atoms with Gasteiger partial charge in [-0.1, -0.05) is 41.7 Å². The maximum atomic E-state index is 6.00. The number of benzene rings is 1. The van der Waals surface area contributed by atoms with Crippen LogP contribution in [0.3, 0.4) is 0 Å². The Balaban J connectivity index is 1.49. The van der Waals surface area contributed by atoms with Gasteiger partial charge in [-0.2, -0.15) is 0 Å². The Kier molecular flexibility index (Phi) is 3.82. The molecule has 22 heavy (non-hydrogen) atoms. The van der Waals surface area contributed by atoms with Gasteiger partial charge in [-0.25, -0.2) is 0 Å². The zero-order chi connectivity index (χ0) is 14.9. The van der Waals surface area contributed by atoms with Crippen LogP contribution in [0.25, 0.3) is 0 Å². The van der Waals surface area contributed by atoms with Crippen molar-refractivity contribution < 1.29 is 4.74 Å². The van der Waals surface area contributed by atoms with E-state index in [9.17, 15) is 0 Å².